The van der Waals surface area contributed by atoms with Gasteiger partial charge in [-0.3, -0.25) is 9.11 Å². The zero-order valence-corrected chi connectivity index (χ0v) is 13.9. The fraction of sp³-hybridized carbons (Fsp3) is 0.500. The molecule has 0 aromatic carbocycles. The van der Waals surface area contributed by atoms with Gasteiger partial charge in [0.15, 0.2) is 0 Å². The van der Waals surface area contributed by atoms with Crippen molar-refractivity contribution in [3.63, 3.8) is 0 Å². The van der Waals surface area contributed by atoms with Gasteiger partial charge in [0, 0.05) is 0 Å². The Kier molecular flexibility index (Phi) is 11.7. The molecule has 20 heavy (non-hydrogen) atoms. The molecule has 0 heterocycles. The third-order valence-corrected chi connectivity index (χ3v) is 2.11. The van der Waals surface area contributed by atoms with Crippen LogP contribution in [0.4, 0.5) is 0 Å². The van der Waals surface area contributed by atoms with Crippen LogP contribution in [-0.4, -0.2) is 106 Å². The molecule has 0 rings (SSSR count). The van der Waals surface area contributed by atoms with Crippen LogP contribution in [0.2, 0.25) is 0 Å². The van der Waals surface area contributed by atoms with Crippen LogP contribution in [0.15, 0.2) is 0 Å². The summed E-state index contributed by atoms with van der Waals surface area (Å²) in [6, 6.07) is 0. The van der Waals surface area contributed by atoms with Gasteiger partial charge in [-0.25, -0.2) is 18.0 Å². The second kappa shape index (κ2) is 9.27. The summed E-state index contributed by atoms with van der Waals surface area (Å²) in [5.41, 5.74) is 0. The van der Waals surface area contributed by atoms with Crippen molar-refractivity contribution < 1.29 is 59.8 Å². The Balaban J connectivity index is -0.0000000963. The van der Waals surface area contributed by atoms with Crippen molar-refractivity contribution in [1.29, 1.82) is 0 Å². The summed E-state index contributed by atoms with van der Waals surface area (Å²) in [5, 5.41) is 16.9. The molecule has 12 nitrogen and oxygen atoms in total. The summed E-state index contributed by atoms with van der Waals surface area (Å²) in [4.78, 5) is 21.0. The van der Waals surface area contributed by atoms with E-state index in [1.54, 1.807) is 0 Å². The van der Waals surface area contributed by atoms with Crippen LogP contribution in [0.1, 0.15) is 5.71 Å². The molecule has 2 atom stereocenters. The van der Waals surface area contributed by atoms with Gasteiger partial charge in [0.1, 0.15) is 0 Å². The molecule has 0 amide bonds. The first-order chi connectivity index (χ1) is 7.83. The van der Waals surface area contributed by atoms with Crippen LogP contribution in [0, 0.1) is 0 Å². The first-order valence-electron chi connectivity index (χ1n) is 3.60. The third kappa shape index (κ3) is 10.9. The van der Waals surface area contributed by atoms with E-state index in [0.717, 1.165) is 0 Å². The van der Waals surface area contributed by atoms with E-state index < -0.39 is 44.9 Å². The number of hydrogen-bond donors (Lipinski definition) is 4. The molecular weight excluding hydrogens is 353 g/mol. The second-order valence-corrected chi connectivity index (χ2v) is 4.66. The van der Waals surface area contributed by atoms with Gasteiger partial charge in [0.05, 0.1) is 0 Å². The van der Waals surface area contributed by atoms with E-state index in [0.29, 0.717) is 0 Å². The van der Waals surface area contributed by atoms with Crippen LogP contribution in [0.3, 0.4) is 0 Å². The smallest absolute Gasteiger partial charge is 1.00 e. The summed E-state index contributed by atoms with van der Waals surface area (Å²) >= 11 is 0. The molecule has 114 valence electrons. The summed E-state index contributed by atoms with van der Waals surface area (Å²) in [5.74, 6) is -4.55. The molecular formula is C4H10Mg2O12S2. The first kappa shape index (κ1) is 25.2. The molecule has 0 saturated heterocycles. The van der Waals surface area contributed by atoms with Crippen molar-refractivity contribution in [3.05, 3.63) is 0 Å². The zero-order valence-electron chi connectivity index (χ0n) is 13.4. The second-order valence-electron chi connectivity index (χ2n) is 2.57. The maximum atomic E-state index is 10.5. The summed E-state index contributed by atoms with van der Waals surface area (Å²) in [6.45, 7) is 0. The molecule has 0 aliphatic rings. The number of carbonyl (C=O) groups is 2. The van der Waals surface area contributed by atoms with Gasteiger partial charge in [-0.15, -0.1) is 0 Å². The number of aliphatic carboxylic acids is 2. The van der Waals surface area contributed by atoms with Crippen LogP contribution in [-0.2, 0) is 38.8 Å². The Hall–Kier alpha value is 0.212. The largest absolute Gasteiger partial charge is 2.00 e. The van der Waals surface area contributed by atoms with Crippen LogP contribution in [0.25, 0.3) is 0 Å². The Morgan fingerprint density at radius 1 is 0.800 bits per heavy atom. The molecule has 0 aliphatic heterocycles. The molecule has 0 aromatic heterocycles. The Morgan fingerprint density at radius 3 is 1.10 bits per heavy atom. The normalized spacial score (nSPS) is 14.3. The summed E-state index contributed by atoms with van der Waals surface area (Å²) in [7, 11) is -10.8. The number of carboxylic acids is 2. The van der Waals surface area contributed by atoms with Gasteiger partial charge in [-0.2, -0.15) is 16.8 Å². The Morgan fingerprint density at radius 2 is 1.00 bits per heavy atom. The van der Waals surface area contributed by atoms with E-state index in [1.165, 1.54) is 0 Å². The molecule has 0 saturated carbocycles. The van der Waals surface area contributed by atoms with Crippen LogP contribution >= 0.6 is 0 Å². The van der Waals surface area contributed by atoms with E-state index in [1.807, 2.05) is 0 Å². The fourth-order valence-electron chi connectivity index (χ4n) is 0.704. The van der Waals surface area contributed by atoms with Crippen molar-refractivity contribution in [2.45, 2.75) is 12.2 Å². The number of carboxylic acid groups (broad SMARTS) is 2. The molecule has 0 aromatic rings. The first-order valence-corrected chi connectivity index (χ1v) is 6.33. The van der Waals surface area contributed by atoms with Crippen LogP contribution < -0.4 is 0 Å². The minimum absolute atomic E-state index is 0. The zero-order chi connectivity index (χ0) is 14.7. The van der Waals surface area contributed by atoms with E-state index in [-0.39, 0.29) is 51.8 Å². The standard InChI is InChI=1S/C4H6O12S2.2Mg.4H/c5-3(6)1(15-17(9,10)11)2(4(7)8)16-18(12,13)14;;;;;;/h1-2H,(H,5,6)(H,7,8)(H,9,10,11)(H,12,13,14);;;;;;/q;2*+2;4*-1. The quantitative estimate of drug-likeness (QED) is 0.268. The van der Waals surface area contributed by atoms with Crippen molar-refractivity contribution in [3.8, 4) is 0 Å². The van der Waals surface area contributed by atoms with E-state index in [4.69, 9.17) is 19.3 Å². The predicted molar refractivity (Wildman–Crippen MR) is 64.1 cm³/mol. The van der Waals surface area contributed by atoms with E-state index >= 15 is 0 Å². The van der Waals surface area contributed by atoms with Gasteiger partial charge >= 0.3 is 78.8 Å². The molecule has 0 fully saturated rings. The SMILES string of the molecule is O=C(O)C(OS(=O)(=O)O)C(OS(=O)(=O)O)C(=O)O.[H-].[H-].[H-].[H-].[Mg+2].[Mg+2]. The van der Waals surface area contributed by atoms with Gasteiger partial charge in [0.25, 0.3) is 0 Å². The van der Waals surface area contributed by atoms with Crippen molar-refractivity contribution in [2.24, 2.45) is 0 Å². The maximum Gasteiger partial charge on any atom is 2.00 e. The fourth-order valence-corrected chi connectivity index (χ4v) is 1.59. The maximum absolute atomic E-state index is 10.5. The van der Waals surface area contributed by atoms with Crippen molar-refractivity contribution in [2.75, 3.05) is 0 Å². The molecule has 4 N–H and O–H groups in total. The Labute approximate surface area is 150 Å². The molecule has 2 unspecified atom stereocenters. The molecule has 0 spiro atoms. The molecule has 0 aliphatic carbocycles. The van der Waals surface area contributed by atoms with Crippen molar-refractivity contribution in [1.82, 2.24) is 0 Å². The Bertz CT molecular complexity index is 501. The topological polar surface area (TPSA) is 202 Å². The average molecular weight is 363 g/mol. The molecule has 16 heteroatoms. The molecule has 0 bridgehead atoms. The average Bonchev–Trinajstić information content (AvgIpc) is 2.06. The van der Waals surface area contributed by atoms with E-state index in [2.05, 4.69) is 8.37 Å². The minimum atomic E-state index is -5.40. The van der Waals surface area contributed by atoms with Crippen LogP contribution in [0.5, 0.6) is 0 Å². The number of hydrogen-bond acceptors (Lipinski definition) is 8. The predicted octanol–water partition coefficient (Wildman–Crippen LogP) is -2.78. The van der Waals surface area contributed by atoms with Gasteiger partial charge in [-0.1, -0.05) is 0 Å². The summed E-state index contributed by atoms with van der Waals surface area (Å²) < 4.78 is 64.2. The van der Waals surface area contributed by atoms with Gasteiger partial charge in [0.2, 0.25) is 12.2 Å². The monoisotopic (exact) mass is 362 g/mol. The van der Waals surface area contributed by atoms with Crippen molar-refractivity contribution >= 4 is 78.8 Å². The third-order valence-electron chi connectivity index (χ3n) is 1.21. The summed E-state index contributed by atoms with van der Waals surface area (Å²) in [6.07, 6.45) is -5.86. The molecule has 0 radical (unpaired) electrons. The minimum Gasteiger partial charge on any atom is -1.00 e. The van der Waals surface area contributed by atoms with E-state index in [9.17, 15) is 26.4 Å². The van der Waals surface area contributed by atoms with Gasteiger partial charge in [-0.05, 0) is 0 Å². The number of rotatable bonds is 7. The van der Waals surface area contributed by atoms with Gasteiger partial charge < -0.3 is 15.9 Å².